The molecule has 0 unspecified atom stereocenters. The molecule has 7 heteroatoms. The predicted molar refractivity (Wildman–Crippen MR) is 75.2 cm³/mol. The lowest BCUT2D eigenvalue weighted by atomic mass is 10.2. The van der Waals surface area contributed by atoms with E-state index < -0.39 is 0 Å². The predicted octanol–water partition coefficient (Wildman–Crippen LogP) is 3.17. The van der Waals surface area contributed by atoms with Gasteiger partial charge in [0, 0.05) is 8.95 Å². The molecule has 0 aliphatic heterocycles. The fourth-order valence-corrected chi connectivity index (χ4v) is 2.46. The van der Waals surface area contributed by atoms with Crippen LogP contribution in [0.15, 0.2) is 33.6 Å². The summed E-state index contributed by atoms with van der Waals surface area (Å²) < 4.78 is 6.13. The zero-order valence-electron chi connectivity index (χ0n) is 8.87. The van der Waals surface area contributed by atoms with Crippen molar-refractivity contribution >= 4 is 33.9 Å². The Kier molecular flexibility index (Phi) is 3.00. The summed E-state index contributed by atoms with van der Waals surface area (Å²) >= 11 is 3.62. The van der Waals surface area contributed by atoms with E-state index in [4.69, 9.17) is 4.52 Å². The number of aromatic hydroxyl groups is 1. The van der Waals surface area contributed by atoms with Crippen molar-refractivity contribution in [3.63, 3.8) is 0 Å². The number of phenolic OH excluding ortho intramolecular Hbond substituents is 1. The number of rotatable bonds is 2. The van der Waals surface area contributed by atoms with Crippen LogP contribution in [0.2, 0.25) is 0 Å². The maximum atomic E-state index is 9.78. The van der Waals surface area contributed by atoms with Gasteiger partial charge in [-0.25, -0.2) is 4.98 Å². The third-order valence-electron chi connectivity index (χ3n) is 2.28. The smallest absolute Gasteiger partial charge is 0.262 e. The van der Waals surface area contributed by atoms with E-state index in [0.717, 1.165) is 3.57 Å². The highest BCUT2D eigenvalue weighted by Gasteiger charge is 2.15. The SMILES string of the molecule is Oc1ccc(I)cc1-c1nc(-c2cscn2)no1. The molecular formula is C11H6IN3O2S. The van der Waals surface area contributed by atoms with Gasteiger partial charge in [-0.3, -0.25) is 0 Å². The number of nitrogens with zero attached hydrogens (tertiary/aromatic N) is 3. The Morgan fingerprint density at radius 1 is 1.33 bits per heavy atom. The molecule has 0 aliphatic carbocycles. The summed E-state index contributed by atoms with van der Waals surface area (Å²) in [5.74, 6) is 0.822. The molecule has 18 heavy (non-hydrogen) atoms. The van der Waals surface area contributed by atoms with E-state index >= 15 is 0 Å². The lowest BCUT2D eigenvalue weighted by Crippen LogP contribution is -1.82. The standard InChI is InChI=1S/C11H6IN3O2S/c12-6-1-2-9(16)7(3-6)11-14-10(15-17-11)8-4-18-5-13-8/h1-5,16H. The van der Waals surface area contributed by atoms with Crippen molar-refractivity contribution in [1.82, 2.24) is 15.1 Å². The zero-order chi connectivity index (χ0) is 12.5. The number of hydrogen-bond acceptors (Lipinski definition) is 6. The van der Waals surface area contributed by atoms with Crippen molar-refractivity contribution in [2.45, 2.75) is 0 Å². The molecule has 1 N–H and O–H groups in total. The number of phenols is 1. The van der Waals surface area contributed by atoms with Gasteiger partial charge in [0.1, 0.15) is 11.4 Å². The maximum absolute atomic E-state index is 9.78. The van der Waals surface area contributed by atoms with E-state index in [1.807, 2.05) is 5.38 Å². The van der Waals surface area contributed by atoms with Gasteiger partial charge in [0.15, 0.2) is 0 Å². The summed E-state index contributed by atoms with van der Waals surface area (Å²) in [7, 11) is 0. The molecule has 5 nitrogen and oxygen atoms in total. The summed E-state index contributed by atoms with van der Waals surface area (Å²) in [6.07, 6.45) is 0. The first-order valence-electron chi connectivity index (χ1n) is 4.95. The topological polar surface area (TPSA) is 72.0 Å². The summed E-state index contributed by atoms with van der Waals surface area (Å²) in [6, 6.07) is 5.19. The van der Waals surface area contributed by atoms with Crippen LogP contribution in [-0.4, -0.2) is 20.2 Å². The number of thiazole rings is 1. The highest BCUT2D eigenvalue weighted by atomic mass is 127. The summed E-state index contributed by atoms with van der Waals surface area (Å²) in [6.45, 7) is 0. The highest BCUT2D eigenvalue weighted by molar-refractivity contribution is 14.1. The average Bonchev–Trinajstić information content (AvgIpc) is 3.00. The zero-order valence-corrected chi connectivity index (χ0v) is 11.8. The first-order chi connectivity index (χ1) is 8.74. The second kappa shape index (κ2) is 4.65. The van der Waals surface area contributed by atoms with Crippen LogP contribution in [0.5, 0.6) is 5.75 Å². The second-order valence-electron chi connectivity index (χ2n) is 3.46. The van der Waals surface area contributed by atoms with E-state index in [1.54, 1.807) is 23.7 Å². The van der Waals surface area contributed by atoms with Crippen LogP contribution >= 0.6 is 33.9 Å². The van der Waals surface area contributed by atoms with Crippen molar-refractivity contribution in [2.24, 2.45) is 0 Å². The molecule has 0 saturated carbocycles. The third kappa shape index (κ3) is 2.10. The van der Waals surface area contributed by atoms with Crippen LogP contribution in [0.4, 0.5) is 0 Å². The van der Waals surface area contributed by atoms with E-state index in [2.05, 4.69) is 37.7 Å². The molecule has 2 heterocycles. The van der Waals surface area contributed by atoms with Gasteiger partial charge in [-0.15, -0.1) is 11.3 Å². The van der Waals surface area contributed by atoms with Gasteiger partial charge in [-0.1, -0.05) is 5.16 Å². The number of halogens is 1. The fraction of sp³-hybridized carbons (Fsp3) is 0. The van der Waals surface area contributed by atoms with Crippen molar-refractivity contribution in [3.8, 4) is 28.7 Å². The van der Waals surface area contributed by atoms with E-state index in [-0.39, 0.29) is 11.6 Å². The average molecular weight is 371 g/mol. The second-order valence-corrected chi connectivity index (χ2v) is 5.42. The van der Waals surface area contributed by atoms with Crippen LogP contribution < -0.4 is 0 Å². The Hall–Kier alpha value is -1.48. The summed E-state index contributed by atoms with van der Waals surface area (Å²) in [4.78, 5) is 8.33. The van der Waals surface area contributed by atoms with Crippen LogP contribution in [0.3, 0.4) is 0 Å². The molecule has 90 valence electrons. The fourth-order valence-electron chi connectivity index (χ4n) is 1.44. The molecule has 0 amide bonds. The molecule has 1 aromatic carbocycles. The van der Waals surface area contributed by atoms with Crippen molar-refractivity contribution in [1.29, 1.82) is 0 Å². The molecule has 0 bridgehead atoms. The molecule has 0 aliphatic rings. The van der Waals surface area contributed by atoms with Crippen molar-refractivity contribution < 1.29 is 9.63 Å². The van der Waals surface area contributed by atoms with E-state index in [0.29, 0.717) is 17.1 Å². The molecule has 2 aromatic heterocycles. The summed E-state index contributed by atoms with van der Waals surface area (Å²) in [5.41, 5.74) is 2.89. The van der Waals surface area contributed by atoms with Crippen LogP contribution in [0.25, 0.3) is 23.0 Å². The first-order valence-corrected chi connectivity index (χ1v) is 6.97. The molecule has 0 atom stereocenters. The molecule has 0 radical (unpaired) electrons. The van der Waals surface area contributed by atoms with Crippen LogP contribution in [-0.2, 0) is 0 Å². The maximum Gasteiger partial charge on any atom is 0.262 e. The number of aromatic nitrogens is 3. The van der Waals surface area contributed by atoms with Gasteiger partial charge in [0.2, 0.25) is 5.82 Å². The lowest BCUT2D eigenvalue weighted by molar-refractivity contribution is 0.425. The van der Waals surface area contributed by atoms with E-state index in [1.165, 1.54) is 11.3 Å². The van der Waals surface area contributed by atoms with Gasteiger partial charge < -0.3 is 9.63 Å². The van der Waals surface area contributed by atoms with Gasteiger partial charge in [-0.05, 0) is 40.8 Å². The van der Waals surface area contributed by atoms with Crippen molar-refractivity contribution in [2.75, 3.05) is 0 Å². The Labute approximate surface area is 120 Å². The molecule has 0 fully saturated rings. The molecule has 0 saturated heterocycles. The van der Waals surface area contributed by atoms with Gasteiger partial charge >= 0.3 is 0 Å². The lowest BCUT2D eigenvalue weighted by Gasteiger charge is -1.99. The van der Waals surface area contributed by atoms with Crippen LogP contribution in [0, 0.1) is 3.57 Å². The summed E-state index contributed by atoms with van der Waals surface area (Å²) in [5, 5.41) is 15.5. The largest absolute Gasteiger partial charge is 0.507 e. The van der Waals surface area contributed by atoms with Gasteiger partial charge in [0.25, 0.3) is 5.89 Å². The minimum absolute atomic E-state index is 0.115. The minimum atomic E-state index is 0.115. The Morgan fingerprint density at radius 3 is 3.00 bits per heavy atom. The molecule has 0 spiro atoms. The number of benzene rings is 1. The van der Waals surface area contributed by atoms with Gasteiger partial charge in [0.05, 0.1) is 11.1 Å². The quantitative estimate of drug-likeness (QED) is 0.701. The Morgan fingerprint density at radius 2 is 2.22 bits per heavy atom. The molecular weight excluding hydrogens is 365 g/mol. The monoisotopic (exact) mass is 371 g/mol. The first kappa shape index (κ1) is 11.6. The van der Waals surface area contributed by atoms with Crippen molar-refractivity contribution in [3.05, 3.63) is 32.7 Å². The third-order valence-corrected chi connectivity index (χ3v) is 3.53. The number of hydrogen-bond donors (Lipinski definition) is 1. The van der Waals surface area contributed by atoms with Gasteiger partial charge in [-0.2, -0.15) is 4.98 Å². The normalized spacial score (nSPS) is 10.7. The highest BCUT2D eigenvalue weighted by Crippen LogP contribution is 2.30. The van der Waals surface area contributed by atoms with E-state index in [9.17, 15) is 5.11 Å². The van der Waals surface area contributed by atoms with Crippen LogP contribution in [0.1, 0.15) is 0 Å². The molecule has 3 rings (SSSR count). The Bertz CT molecular complexity index is 681. The Balaban J connectivity index is 2.05. The molecule has 3 aromatic rings. The minimum Gasteiger partial charge on any atom is -0.507 e.